The minimum atomic E-state index is -1.29. The summed E-state index contributed by atoms with van der Waals surface area (Å²) >= 11 is 0. The van der Waals surface area contributed by atoms with E-state index in [9.17, 15) is 18.7 Å². The zero-order valence-electron chi connectivity index (χ0n) is 13.6. The number of carboxylic acids is 1. The van der Waals surface area contributed by atoms with Gasteiger partial charge < -0.3 is 5.11 Å². The van der Waals surface area contributed by atoms with Crippen LogP contribution in [0, 0.1) is 11.6 Å². The summed E-state index contributed by atoms with van der Waals surface area (Å²) in [5.74, 6) is -3.49. The molecule has 0 radical (unpaired) electrons. The maximum Gasteiger partial charge on any atom is 0.336 e. The van der Waals surface area contributed by atoms with Crippen molar-refractivity contribution in [3.05, 3.63) is 65.2 Å². The highest BCUT2D eigenvalue weighted by Gasteiger charge is 2.19. The van der Waals surface area contributed by atoms with Crippen molar-refractivity contribution in [1.82, 2.24) is 0 Å². The van der Waals surface area contributed by atoms with E-state index >= 15 is 0 Å². The third-order valence-electron chi connectivity index (χ3n) is 3.81. The smallest absolute Gasteiger partial charge is 0.336 e. The number of unbranched alkanes of at least 4 members (excludes halogenated alkanes) is 3. The molecule has 0 aliphatic carbocycles. The number of halogens is 2. The number of hydrogen-bond acceptors (Lipinski definition) is 1. The molecule has 0 spiro atoms. The molecule has 2 aromatic rings. The van der Waals surface area contributed by atoms with E-state index in [-0.39, 0.29) is 11.1 Å². The minimum Gasteiger partial charge on any atom is -0.478 e. The number of aromatic carboxylic acids is 1. The van der Waals surface area contributed by atoms with Gasteiger partial charge in [0, 0.05) is 5.56 Å². The van der Waals surface area contributed by atoms with Gasteiger partial charge in [-0.3, -0.25) is 0 Å². The van der Waals surface area contributed by atoms with Crippen LogP contribution in [0.1, 0.15) is 48.5 Å². The van der Waals surface area contributed by atoms with Gasteiger partial charge in [0.05, 0.1) is 5.56 Å². The Bertz CT molecular complexity index is 734. The molecule has 0 aliphatic heterocycles. The monoisotopic (exact) mass is 330 g/mol. The second-order valence-electron chi connectivity index (χ2n) is 5.61. The molecule has 0 aromatic heterocycles. The highest BCUT2D eigenvalue weighted by molar-refractivity contribution is 5.96. The summed E-state index contributed by atoms with van der Waals surface area (Å²) in [7, 11) is 0. The number of allylic oxidation sites excluding steroid dienone is 1. The fourth-order valence-corrected chi connectivity index (χ4v) is 2.50. The number of hydrogen-bond donors (Lipinski definition) is 1. The first kappa shape index (κ1) is 17.9. The van der Waals surface area contributed by atoms with Gasteiger partial charge in [0.1, 0.15) is 0 Å². The molecule has 0 fully saturated rings. The molecule has 4 heteroatoms. The molecule has 0 amide bonds. The highest BCUT2D eigenvalue weighted by atomic mass is 19.2. The van der Waals surface area contributed by atoms with Crippen molar-refractivity contribution in [2.45, 2.75) is 32.6 Å². The first-order valence-electron chi connectivity index (χ1n) is 8.03. The summed E-state index contributed by atoms with van der Waals surface area (Å²) in [6, 6.07) is 8.66. The normalized spacial score (nSPS) is 11.1. The summed E-state index contributed by atoms with van der Waals surface area (Å²) in [4.78, 5) is 11.3. The zero-order chi connectivity index (χ0) is 17.5. The van der Waals surface area contributed by atoms with E-state index < -0.39 is 17.6 Å². The van der Waals surface area contributed by atoms with E-state index in [1.54, 1.807) is 24.3 Å². The number of rotatable bonds is 7. The Morgan fingerprint density at radius 2 is 1.79 bits per heavy atom. The lowest BCUT2D eigenvalue weighted by molar-refractivity contribution is 0.0697. The third-order valence-corrected chi connectivity index (χ3v) is 3.81. The van der Waals surface area contributed by atoms with E-state index in [1.165, 1.54) is 12.8 Å². The van der Waals surface area contributed by atoms with Crippen molar-refractivity contribution in [1.29, 1.82) is 0 Å². The maximum atomic E-state index is 14.1. The fourth-order valence-electron chi connectivity index (χ4n) is 2.50. The maximum absolute atomic E-state index is 14.1. The molecule has 2 rings (SSSR count). The summed E-state index contributed by atoms with van der Waals surface area (Å²) in [5.41, 5.74) is 0.800. The van der Waals surface area contributed by atoms with Crippen LogP contribution in [0.3, 0.4) is 0 Å². The predicted octanol–water partition coefficient (Wildman–Crippen LogP) is 5.92. The molecule has 0 heterocycles. The molecule has 0 saturated carbocycles. The van der Waals surface area contributed by atoms with E-state index in [1.807, 2.05) is 6.08 Å². The topological polar surface area (TPSA) is 37.3 Å². The fraction of sp³-hybridized carbons (Fsp3) is 0.250. The Hall–Kier alpha value is -2.49. The lowest BCUT2D eigenvalue weighted by atomic mass is 9.97. The summed E-state index contributed by atoms with van der Waals surface area (Å²) in [6.07, 6.45) is 8.56. The van der Waals surface area contributed by atoms with Crippen LogP contribution < -0.4 is 0 Å². The van der Waals surface area contributed by atoms with E-state index in [0.29, 0.717) is 5.56 Å². The average Bonchev–Trinajstić information content (AvgIpc) is 2.57. The van der Waals surface area contributed by atoms with E-state index in [0.717, 1.165) is 30.5 Å². The molecule has 0 atom stereocenters. The lowest BCUT2D eigenvalue weighted by Gasteiger charge is -2.09. The Labute approximate surface area is 140 Å². The predicted molar refractivity (Wildman–Crippen MR) is 91.9 cm³/mol. The third kappa shape index (κ3) is 4.28. The molecule has 24 heavy (non-hydrogen) atoms. The molecule has 2 nitrogen and oxygen atoms in total. The second-order valence-corrected chi connectivity index (χ2v) is 5.61. The van der Waals surface area contributed by atoms with Crippen molar-refractivity contribution in [2.24, 2.45) is 0 Å². The molecular formula is C20H20F2O2. The quantitative estimate of drug-likeness (QED) is 0.639. The Kier molecular flexibility index (Phi) is 6.24. The van der Waals surface area contributed by atoms with Gasteiger partial charge in [-0.1, -0.05) is 56.2 Å². The Morgan fingerprint density at radius 1 is 1.08 bits per heavy atom. The van der Waals surface area contributed by atoms with Crippen LogP contribution in [0.5, 0.6) is 0 Å². The Balaban J connectivity index is 2.25. The van der Waals surface area contributed by atoms with E-state index in [4.69, 9.17) is 0 Å². The van der Waals surface area contributed by atoms with Gasteiger partial charge in [-0.25, -0.2) is 13.6 Å². The van der Waals surface area contributed by atoms with Crippen LogP contribution in [0.25, 0.3) is 17.2 Å². The number of carbonyl (C=O) groups is 1. The molecule has 2 aromatic carbocycles. The van der Waals surface area contributed by atoms with E-state index in [2.05, 4.69) is 13.0 Å². The van der Waals surface area contributed by atoms with Gasteiger partial charge in [-0.2, -0.15) is 0 Å². The van der Waals surface area contributed by atoms with Crippen molar-refractivity contribution in [3.8, 4) is 11.1 Å². The lowest BCUT2D eigenvalue weighted by Crippen LogP contribution is -2.03. The number of benzene rings is 2. The van der Waals surface area contributed by atoms with Crippen LogP contribution in [-0.2, 0) is 0 Å². The van der Waals surface area contributed by atoms with Gasteiger partial charge >= 0.3 is 5.97 Å². The standard InChI is InChI=1S/C20H20F2O2/c1-2-3-4-5-6-7-14-8-10-15(11-9-14)18-16(20(23)24)12-13-17(21)19(18)22/h6-13H,2-5H2,1H3,(H,23,24). The summed E-state index contributed by atoms with van der Waals surface area (Å²) in [6.45, 7) is 2.15. The zero-order valence-corrected chi connectivity index (χ0v) is 13.6. The summed E-state index contributed by atoms with van der Waals surface area (Å²) < 4.78 is 27.6. The van der Waals surface area contributed by atoms with Gasteiger partial charge in [-0.05, 0) is 36.1 Å². The van der Waals surface area contributed by atoms with Gasteiger partial charge in [-0.15, -0.1) is 0 Å². The van der Waals surface area contributed by atoms with Crippen LogP contribution in [-0.4, -0.2) is 11.1 Å². The van der Waals surface area contributed by atoms with Crippen LogP contribution in [0.2, 0.25) is 0 Å². The molecule has 0 unspecified atom stereocenters. The van der Waals surface area contributed by atoms with Crippen molar-refractivity contribution >= 4 is 12.0 Å². The highest BCUT2D eigenvalue weighted by Crippen LogP contribution is 2.29. The van der Waals surface area contributed by atoms with Gasteiger partial charge in [0.2, 0.25) is 0 Å². The first-order valence-corrected chi connectivity index (χ1v) is 8.03. The van der Waals surface area contributed by atoms with Crippen LogP contribution >= 0.6 is 0 Å². The van der Waals surface area contributed by atoms with Gasteiger partial charge in [0.15, 0.2) is 11.6 Å². The largest absolute Gasteiger partial charge is 0.478 e. The van der Waals surface area contributed by atoms with Crippen LogP contribution in [0.15, 0.2) is 42.5 Å². The molecule has 0 aliphatic rings. The molecule has 1 N–H and O–H groups in total. The van der Waals surface area contributed by atoms with Gasteiger partial charge in [0.25, 0.3) is 0 Å². The molecular weight excluding hydrogens is 310 g/mol. The molecule has 0 bridgehead atoms. The second kappa shape index (κ2) is 8.39. The summed E-state index contributed by atoms with van der Waals surface area (Å²) in [5, 5.41) is 9.18. The first-order chi connectivity index (χ1) is 11.5. The van der Waals surface area contributed by atoms with Crippen LogP contribution in [0.4, 0.5) is 8.78 Å². The van der Waals surface area contributed by atoms with Crippen molar-refractivity contribution in [2.75, 3.05) is 0 Å². The Morgan fingerprint density at radius 3 is 2.42 bits per heavy atom. The van der Waals surface area contributed by atoms with Crippen molar-refractivity contribution < 1.29 is 18.7 Å². The minimum absolute atomic E-state index is 0.221. The molecule has 0 saturated heterocycles. The SMILES string of the molecule is CCCCCC=Cc1ccc(-c2c(C(=O)O)ccc(F)c2F)cc1. The average molecular weight is 330 g/mol. The molecule has 126 valence electrons. The van der Waals surface area contributed by atoms with Crippen molar-refractivity contribution in [3.63, 3.8) is 0 Å². The number of carboxylic acid groups (broad SMARTS) is 1.